The fourth-order valence-electron chi connectivity index (χ4n) is 6.02. The van der Waals surface area contributed by atoms with Gasteiger partial charge in [0.2, 0.25) is 0 Å². The van der Waals surface area contributed by atoms with Crippen LogP contribution in [0.5, 0.6) is 5.75 Å². The van der Waals surface area contributed by atoms with Crippen LogP contribution in [0.1, 0.15) is 64.9 Å². The third kappa shape index (κ3) is 4.18. The molecule has 2 aromatic carbocycles. The van der Waals surface area contributed by atoms with E-state index in [1.165, 1.54) is 0 Å². The summed E-state index contributed by atoms with van der Waals surface area (Å²) in [6.45, 7) is 8.65. The summed E-state index contributed by atoms with van der Waals surface area (Å²) in [5.74, 6) is 0.684. The Balaban J connectivity index is 1.83. The van der Waals surface area contributed by atoms with E-state index in [1.54, 1.807) is 7.11 Å². The fraction of sp³-hybridized carbons (Fsp3) is 0.400. The predicted molar refractivity (Wildman–Crippen MR) is 142 cm³/mol. The normalized spacial score (nSPS) is 21.7. The predicted octanol–water partition coefficient (Wildman–Crippen LogP) is 7.35. The molecular formula is C30H32BrNO3. The highest BCUT2D eigenvalue weighted by Gasteiger charge is 2.49. The lowest BCUT2D eigenvalue weighted by Crippen LogP contribution is -2.44. The van der Waals surface area contributed by atoms with Crippen molar-refractivity contribution in [3.05, 3.63) is 81.1 Å². The minimum absolute atomic E-state index is 0.137. The number of nitrogens with zero attached hydrogens (tertiary/aromatic N) is 1. The van der Waals surface area contributed by atoms with Gasteiger partial charge >= 0.3 is 0 Å². The molecule has 0 saturated heterocycles. The number of allylic oxidation sites excluding steroid dienone is 4. The second kappa shape index (κ2) is 8.48. The van der Waals surface area contributed by atoms with Gasteiger partial charge in [-0.1, -0.05) is 52.0 Å². The minimum Gasteiger partial charge on any atom is -0.497 e. The number of benzene rings is 2. The van der Waals surface area contributed by atoms with Crippen molar-refractivity contribution in [2.75, 3.05) is 12.0 Å². The molecule has 1 aliphatic heterocycles. The van der Waals surface area contributed by atoms with Crippen LogP contribution in [0.4, 0.5) is 5.69 Å². The van der Waals surface area contributed by atoms with E-state index in [4.69, 9.17) is 4.74 Å². The Morgan fingerprint density at radius 2 is 1.31 bits per heavy atom. The first-order chi connectivity index (χ1) is 16.5. The van der Waals surface area contributed by atoms with Crippen LogP contribution in [0.25, 0.3) is 0 Å². The summed E-state index contributed by atoms with van der Waals surface area (Å²) < 4.78 is 6.34. The number of ether oxygens (including phenoxy) is 1. The van der Waals surface area contributed by atoms with Gasteiger partial charge in [-0.2, -0.15) is 0 Å². The van der Waals surface area contributed by atoms with Gasteiger partial charge in [-0.25, -0.2) is 0 Å². The molecule has 1 heterocycles. The molecule has 2 aromatic rings. The Morgan fingerprint density at radius 1 is 0.800 bits per heavy atom. The van der Waals surface area contributed by atoms with Crippen LogP contribution in [-0.2, 0) is 9.59 Å². The highest BCUT2D eigenvalue weighted by atomic mass is 79.9. The molecule has 0 fully saturated rings. The summed E-state index contributed by atoms with van der Waals surface area (Å²) in [5, 5.41) is 0. The molecule has 182 valence electrons. The standard InChI is InChI=1S/C30H32BrNO3/c1-29(2)14-22-27(24(33)16-29)26(18-10-12-19(35-5)13-11-18)28-23(15-30(3,4)17-25(28)34)32(22)21-9-7-6-8-20(21)31/h6-13,26H,14-17H2,1-5H3. The molecule has 0 atom stereocenters. The molecule has 0 bridgehead atoms. The lowest BCUT2D eigenvalue weighted by molar-refractivity contribution is -0.119. The topological polar surface area (TPSA) is 46.6 Å². The summed E-state index contributed by atoms with van der Waals surface area (Å²) in [4.78, 5) is 30.0. The smallest absolute Gasteiger partial charge is 0.162 e. The van der Waals surface area contributed by atoms with Gasteiger partial charge in [-0.15, -0.1) is 0 Å². The summed E-state index contributed by atoms with van der Waals surface area (Å²) in [7, 11) is 1.64. The van der Waals surface area contributed by atoms with Gasteiger partial charge in [0.1, 0.15) is 5.75 Å². The number of halogens is 1. The number of para-hydroxylation sites is 1. The molecule has 0 N–H and O–H groups in total. The number of Topliss-reactive ketones (excluding diaryl/α,β-unsaturated/α-hetero) is 2. The number of rotatable bonds is 3. The number of carbonyl (C=O) groups excluding carboxylic acids is 2. The molecule has 5 heteroatoms. The fourth-order valence-corrected chi connectivity index (χ4v) is 6.48. The van der Waals surface area contributed by atoms with Crippen LogP contribution in [0, 0.1) is 10.8 Å². The Kier molecular flexibility index (Phi) is 5.83. The maximum atomic E-state index is 13.9. The first-order valence-corrected chi connectivity index (χ1v) is 13.0. The van der Waals surface area contributed by atoms with E-state index in [0.29, 0.717) is 12.8 Å². The highest BCUT2D eigenvalue weighted by Crippen LogP contribution is 2.56. The second-order valence-corrected chi connectivity index (χ2v) is 12.4. The molecule has 4 nitrogen and oxygen atoms in total. The van der Waals surface area contributed by atoms with Crippen molar-refractivity contribution in [2.45, 2.75) is 59.3 Å². The molecule has 0 aromatic heterocycles. The van der Waals surface area contributed by atoms with Gasteiger partial charge in [0.05, 0.1) is 12.8 Å². The summed E-state index contributed by atoms with van der Waals surface area (Å²) in [5.41, 5.74) is 5.24. The van der Waals surface area contributed by atoms with Crippen molar-refractivity contribution in [1.82, 2.24) is 0 Å². The number of carbonyl (C=O) groups is 2. The summed E-state index contributed by atoms with van der Waals surface area (Å²) >= 11 is 3.76. The Hall–Kier alpha value is -2.66. The molecule has 35 heavy (non-hydrogen) atoms. The van der Waals surface area contributed by atoms with Crippen molar-refractivity contribution in [3.63, 3.8) is 0 Å². The Morgan fingerprint density at radius 3 is 1.80 bits per heavy atom. The largest absolute Gasteiger partial charge is 0.497 e. The zero-order chi connectivity index (χ0) is 25.1. The van der Waals surface area contributed by atoms with Crippen molar-refractivity contribution in [3.8, 4) is 5.75 Å². The van der Waals surface area contributed by atoms with E-state index in [1.807, 2.05) is 42.5 Å². The number of hydrogen-bond acceptors (Lipinski definition) is 4. The number of hydrogen-bond donors (Lipinski definition) is 0. The van der Waals surface area contributed by atoms with Crippen molar-refractivity contribution >= 4 is 33.2 Å². The monoisotopic (exact) mass is 533 g/mol. The summed E-state index contributed by atoms with van der Waals surface area (Å²) in [6.07, 6.45) is 2.50. The molecule has 0 amide bonds. The first kappa shape index (κ1) is 24.1. The number of anilines is 1. The Labute approximate surface area is 216 Å². The lowest BCUT2D eigenvalue weighted by Gasteiger charge is -2.49. The quantitative estimate of drug-likeness (QED) is 0.413. The van der Waals surface area contributed by atoms with Crippen LogP contribution in [0.2, 0.25) is 0 Å². The van der Waals surface area contributed by atoms with E-state index in [2.05, 4.69) is 54.6 Å². The lowest BCUT2D eigenvalue weighted by atomic mass is 9.63. The van der Waals surface area contributed by atoms with Crippen LogP contribution in [0.3, 0.4) is 0 Å². The SMILES string of the molecule is COc1ccc(C2C3=C(CC(C)(C)CC3=O)N(c3ccccc3Br)C3=C2C(=O)CC(C)(C)C3)cc1. The van der Waals surface area contributed by atoms with E-state index in [-0.39, 0.29) is 28.3 Å². The number of ketones is 2. The molecular weight excluding hydrogens is 502 g/mol. The van der Waals surface area contributed by atoms with Crippen LogP contribution >= 0.6 is 15.9 Å². The van der Waals surface area contributed by atoms with Gasteiger partial charge in [0, 0.05) is 45.8 Å². The van der Waals surface area contributed by atoms with E-state index in [0.717, 1.165) is 56.9 Å². The Bertz CT molecular complexity index is 1230. The van der Waals surface area contributed by atoms with Gasteiger partial charge in [-0.05, 0) is 69.4 Å². The average molecular weight is 534 g/mol. The molecule has 0 unspecified atom stereocenters. The zero-order valence-electron chi connectivity index (χ0n) is 21.1. The van der Waals surface area contributed by atoms with Gasteiger partial charge in [-0.3, -0.25) is 9.59 Å². The minimum atomic E-state index is -0.350. The van der Waals surface area contributed by atoms with E-state index in [9.17, 15) is 9.59 Å². The molecule has 5 rings (SSSR count). The second-order valence-electron chi connectivity index (χ2n) is 11.6. The first-order valence-electron chi connectivity index (χ1n) is 12.2. The van der Waals surface area contributed by atoms with Gasteiger partial charge in [0.25, 0.3) is 0 Å². The summed E-state index contributed by atoms with van der Waals surface area (Å²) in [6, 6.07) is 16.0. The third-order valence-electron chi connectivity index (χ3n) is 7.45. The molecule has 0 saturated carbocycles. The van der Waals surface area contributed by atoms with Crippen molar-refractivity contribution < 1.29 is 14.3 Å². The maximum absolute atomic E-state index is 13.9. The third-order valence-corrected chi connectivity index (χ3v) is 8.12. The molecule has 2 aliphatic carbocycles. The van der Waals surface area contributed by atoms with Gasteiger partial charge < -0.3 is 9.64 Å². The zero-order valence-corrected chi connectivity index (χ0v) is 22.7. The molecule has 0 spiro atoms. The van der Waals surface area contributed by atoms with Crippen LogP contribution in [-0.4, -0.2) is 18.7 Å². The van der Waals surface area contributed by atoms with Crippen molar-refractivity contribution in [2.24, 2.45) is 10.8 Å². The number of methoxy groups -OCH3 is 1. The molecule has 3 aliphatic rings. The van der Waals surface area contributed by atoms with Crippen LogP contribution < -0.4 is 9.64 Å². The molecule has 0 radical (unpaired) electrons. The highest BCUT2D eigenvalue weighted by molar-refractivity contribution is 9.10. The van der Waals surface area contributed by atoms with Gasteiger partial charge in [0.15, 0.2) is 11.6 Å². The van der Waals surface area contributed by atoms with Crippen LogP contribution in [0.15, 0.2) is 75.5 Å². The van der Waals surface area contributed by atoms with E-state index >= 15 is 0 Å². The van der Waals surface area contributed by atoms with E-state index < -0.39 is 0 Å². The average Bonchev–Trinajstić information content (AvgIpc) is 2.77. The van der Waals surface area contributed by atoms with Crippen molar-refractivity contribution in [1.29, 1.82) is 0 Å². The maximum Gasteiger partial charge on any atom is 0.162 e.